The highest BCUT2D eigenvalue weighted by atomic mass is 32.2. The van der Waals surface area contributed by atoms with Crippen LogP contribution in [0.5, 0.6) is 0 Å². The molecule has 146 valence electrons. The number of rotatable bonds is 4. The van der Waals surface area contributed by atoms with E-state index in [-0.39, 0.29) is 17.3 Å². The Balaban J connectivity index is 1.74. The van der Waals surface area contributed by atoms with Crippen LogP contribution in [0.25, 0.3) is 0 Å². The number of fused-ring (bicyclic) bond motifs is 1. The molecule has 0 N–H and O–H groups in total. The summed E-state index contributed by atoms with van der Waals surface area (Å²) in [5.41, 5.74) is 1.76. The standard InChI is InChI=1S/C22H23NO4S/c1-15-10-12-17(13-11-15)28(26,27)20-18-8-5-9-19(18)21(24)23(22(20)25)14-16-6-3-2-4-7-16/h2-4,6-7,10-13,18-20H,5,8-9,14H2,1H3/t18-,19+,20+/m0/s1. The molecule has 1 saturated heterocycles. The minimum absolute atomic E-state index is 0.113. The first-order valence-electron chi connectivity index (χ1n) is 9.59. The van der Waals surface area contributed by atoms with E-state index in [0.29, 0.717) is 12.8 Å². The Labute approximate surface area is 165 Å². The maximum Gasteiger partial charge on any atom is 0.248 e. The Morgan fingerprint density at radius 1 is 0.929 bits per heavy atom. The Bertz CT molecular complexity index is 999. The van der Waals surface area contributed by atoms with Crippen molar-refractivity contribution in [3.05, 3.63) is 65.7 Å². The lowest BCUT2D eigenvalue weighted by molar-refractivity contribution is -0.154. The van der Waals surface area contributed by atoms with Crippen molar-refractivity contribution < 1.29 is 18.0 Å². The number of carbonyl (C=O) groups excluding carboxylic acids is 2. The zero-order chi connectivity index (χ0) is 19.9. The van der Waals surface area contributed by atoms with E-state index in [9.17, 15) is 18.0 Å². The topological polar surface area (TPSA) is 71.5 Å². The van der Waals surface area contributed by atoms with Gasteiger partial charge in [0.15, 0.2) is 9.84 Å². The highest BCUT2D eigenvalue weighted by Gasteiger charge is 2.55. The Hall–Kier alpha value is -2.47. The monoisotopic (exact) mass is 397 g/mol. The molecule has 3 atom stereocenters. The smallest absolute Gasteiger partial charge is 0.248 e. The van der Waals surface area contributed by atoms with Crippen molar-refractivity contribution in [3.63, 3.8) is 0 Å². The Morgan fingerprint density at radius 2 is 1.61 bits per heavy atom. The van der Waals surface area contributed by atoms with Gasteiger partial charge in [-0.25, -0.2) is 8.42 Å². The van der Waals surface area contributed by atoms with E-state index in [2.05, 4.69) is 0 Å². The highest BCUT2D eigenvalue weighted by Crippen LogP contribution is 2.43. The zero-order valence-electron chi connectivity index (χ0n) is 15.7. The molecule has 5 nitrogen and oxygen atoms in total. The van der Waals surface area contributed by atoms with Crippen LogP contribution in [0.1, 0.15) is 30.4 Å². The van der Waals surface area contributed by atoms with Gasteiger partial charge in [-0.2, -0.15) is 0 Å². The van der Waals surface area contributed by atoms with Gasteiger partial charge in [0.05, 0.1) is 11.4 Å². The minimum atomic E-state index is -3.87. The van der Waals surface area contributed by atoms with Crippen LogP contribution >= 0.6 is 0 Å². The van der Waals surface area contributed by atoms with E-state index in [0.717, 1.165) is 22.4 Å². The van der Waals surface area contributed by atoms with Gasteiger partial charge in [-0.3, -0.25) is 14.5 Å². The number of likely N-dealkylation sites (tertiary alicyclic amines) is 1. The summed E-state index contributed by atoms with van der Waals surface area (Å²) in [6.45, 7) is 2.00. The first-order valence-corrected chi connectivity index (χ1v) is 11.1. The number of benzene rings is 2. The fourth-order valence-electron chi connectivity index (χ4n) is 4.46. The molecule has 4 rings (SSSR count). The molecule has 1 heterocycles. The van der Waals surface area contributed by atoms with Crippen molar-refractivity contribution >= 4 is 21.7 Å². The van der Waals surface area contributed by atoms with Gasteiger partial charge in [0, 0.05) is 5.92 Å². The van der Waals surface area contributed by atoms with Gasteiger partial charge in [-0.15, -0.1) is 0 Å². The second-order valence-electron chi connectivity index (χ2n) is 7.73. The molecule has 1 aliphatic carbocycles. The molecule has 2 aromatic carbocycles. The van der Waals surface area contributed by atoms with Crippen LogP contribution in [0.15, 0.2) is 59.5 Å². The molecule has 2 aliphatic rings. The molecular weight excluding hydrogens is 374 g/mol. The summed E-state index contributed by atoms with van der Waals surface area (Å²) in [5, 5.41) is -1.19. The summed E-state index contributed by atoms with van der Waals surface area (Å²) in [5.74, 6) is -1.64. The lowest BCUT2D eigenvalue weighted by Gasteiger charge is -2.38. The molecule has 6 heteroatoms. The third kappa shape index (κ3) is 3.15. The van der Waals surface area contributed by atoms with Gasteiger partial charge < -0.3 is 0 Å². The maximum absolute atomic E-state index is 13.4. The van der Waals surface area contributed by atoms with Crippen LogP contribution in [0.3, 0.4) is 0 Å². The number of nitrogens with zero attached hydrogens (tertiary/aromatic N) is 1. The Kier molecular flexibility index (Phi) is 4.83. The van der Waals surface area contributed by atoms with E-state index in [4.69, 9.17) is 0 Å². The largest absolute Gasteiger partial charge is 0.277 e. The van der Waals surface area contributed by atoms with Crippen LogP contribution in [0, 0.1) is 18.8 Å². The van der Waals surface area contributed by atoms with E-state index in [1.165, 1.54) is 0 Å². The fourth-order valence-corrected chi connectivity index (χ4v) is 6.45. The molecule has 0 unspecified atom stereocenters. The quantitative estimate of drug-likeness (QED) is 0.743. The third-order valence-electron chi connectivity index (χ3n) is 5.92. The third-order valence-corrected chi connectivity index (χ3v) is 8.07. The van der Waals surface area contributed by atoms with Crippen LogP contribution in [-0.2, 0) is 26.0 Å². The molecule has 1 saturated carbocycles. The van der Waals surface area contributed by atoms with Crippen LogP contribution in [0.2, 0.25) is 0 Å². The van der Waals surface area contributed by atoms with Crippen molar-refractivity contribution in [2.45, 2.75) is 42.9 Å². The van der Waals surface area contributed by atoms with Gasteiger partial charge in [-0.05, 0) is 43.4 Å². The van der Waals surface area contributed by atoms with Gasteiger partial charge >= 0.3 is 0 Å². The molecule has 2 fully saturated rings. The lowest BCUT2D eigenvalue weighted by Crippen LogP contribution is -2.57. The molecule has 0 spiro atoms. The molecule has 0 radical (unpaired) electrons. The maximum atomic E-state index is 13.4. The summed E-state index contributed by atoms with van der Waals surface area (Å²) in [6.07, 6.45) is 2.01. The van der Waals surface area contributed by atoms with E-state index in [1.807, 2.05) is 37.3 Å². The Morgan fingerprint density at radius 3 is 2.29 bits per heavy atom. The number of aryl methyl sites for hydroxylation is 1. The van der Waals surface area contributed by atoms with Crippen molar-refractivity contribution in [3.8, 4) is 0 Å². The number of carbonyl (C=O) groups is 2. The summed E-state index contributed by atoms with van der Waals surface area (Å²) < 4.78 is 26.8. The fraction of sp³-hybridized carbons (Fsp3) is 0.364. The van der Waals surface area contributed by atoms with Gasteiger partial charge in [0.25, 0.3) is 0 Å². The normalized spacial score (nSPS) is 25.0. The number of hydrogen-bond acceptors (Lipinski definition) is 4. The average Bonchev–Trinajstić information content (AvgIpc) is 3.15. The minimum Gasteiger partial charge on any atom is -0.277 e. The van der Waals surface area contributed by atoms with E-state index in [1.54, 1.807) is 24.3 Å². The molecule has 2 aromatic rings. The van der Waals surface area contributed by atoms with Crippen molar-refractivity contribution in [2.75, 3.05) is 0 Å². The second kappa shape index (κ2) is 7.17. The van der Waals surface area contributed by atoms with Gasteiger partial charge in [0.2, 0.25) is 11.8 Å². The number of amides is 2. The van der Waals surface area contributed by atoms with Gasteiger partial charge in [0.1, 0.15) is 5.25 Å². The summed E-state index contributed by atoms with van der Waals surface area (Å²) >= 11 is 0. The first kappa shape index (κ1) is 18.9. The lowest BCUT2D eigenvalue weighted by atomic mass is 9.86. The zero-order valence-corrected chi connectivity index (χ0v) is 16.6. The SMILES string of the molecule is Cc1ccc(S(=O)(=O)[C@H]2C(=O)N(Cc3ccccc3)C(=O)[C@@H]3CCC[C@@H]32)cc1. The predicted molar refractivity (Wildman–Crippen MR) is 105 cm³/mol. The summed E-state index contributed by atoms with van der Waals surface area (Å²) in [6, 6.07) is 15.8. The predicted octanol–water partition coefficient (Wildman–Crippen LogP) is 3.12. The summed E-state index contributed by atoms with van der Waals surface area (Å²) in [4.78, 5) is 27.6. The molecule has 0 aromatic heterocycles. The second-order valence-corrected chi connectivity index (χ2v) is 9.80. The van der Waals surface area contributed by atoms with Crippen molar-refractivity contribution in [2.24, 2.45) is 11.8 Å². The number of hydrogen-bond donors (Lipinski definition) is 0. The van der Waals surface area contributed by atoms with Crippen LogP contribution in [-0.4, -0.2) is 30.4 Å². The molecular formula is C22H23NO4S. The number of sulfone groups is 1. The van der Waals surface area contributed by atoms with Crippen LogP contribution < -0.4 is 0 Å². The van der Waals surface area contributed by atoms with Crippen LogP contribution in [0.4, 0.5) is 0 Å². The highest BCUT2D eigenvalue weighted by molar-refractivity contribution is 7.92. The van der Waals surface area contributed by atoms with Gasteiger partial charge in [-0.1, -0.05) is 54.4 Å². The molecule has 1 aliphatic heterocycles. The van der Waals surface area contributed by atoms with Crippen molar-refractivity contribution in [1.82, 2.24) is 4.90 Å². The molecule has 0 bridgehead atoms. The average molecular weight is 397 g/mol. The molecule has 2 amide bonds. The molecule has 28 heavy (non-hydrogen) atoms. The van der Waals surface area contributed by atoms with Crippen molar-refractivity contribution in [1.29, 1.82) is 0 Å². The number of piperidine rings is 1. The number of imide groups is 1. The van der Waals surface area contributed by atoms with E-state index < -0.39 is 32.8 Å². The van der Waals surface area contributed by atoms with E-state index >= 15 is 0 Å². The first-order chi connectivity index (χ1) is 13.4. The summed E-state index contributed by atoms with van der Waals surface area (Å²) in [7, 11) is -3.87.